The van der Waals surface area contributed by atoms with Crippen molar-refractivity contribution in [1.82, 2.24) is 19.6 Å². The third-order valence-electron chi connectivity index (χ3n) is 4.66. The van der Waals surface area contributed by atoms with Crippen molar-refractivity contribution in [3.05, 3.63) is 42.6 Å². The van der Waals surface area contributed by atoms with Gasteiger partial charge in [0.2, 0.25) is 0 Å². The van der Waals surface area contributed by atoms with Crippen LogP contribution in [0.5, 0.6) is 0 Å². The molecule has 2 N–H and O–H groups in total. The number of pyridine rings is 1. The van der Waals surface area contributed by atoms with Gasteiger partial charge in [-0.15, -0.1) is 0 Å². The van der Waals surface area contributed by atoms with E-state index < -0.39 is 0 Å². The van der Waals surface area contributed by atoms with Crippen LogP contribution < -0.4 is 5.73 Å². The molecule has 3 aromatic rings. The fourth-order valence-corrected chi connectivity index (χ4v) is 3.38. The Morgan fingerprint density at radius 1 is 1.22 bits per heavy atom. The van der Waals surface area contributed by atoms with Gasteiger partial charge in [0.25, 0.3) is 0 Å². The van der Waals surface area contributed by atoms with E-state index in [4.69, 9.17) is 15.2 Å². The molecule has 0 amide bonds. The lowest BCUT2D eigenvalue weighted by Gasteiger charge is -2.19. The summed E-state index contributed by atoms with van der Waals surface area (Å²) in [5.74, 6) is 0.810. The van der Waals surface area contributed by atoms with Crippen LogP contribution in [-0.2, 0) is 20.9 Å². The van der Waals surface area contributed by atoms with Crippen LogP contribution in [0, 0.1) is 0 Å². The largest absolute Gasteiger partial charge is 0.460 e. The van der Waals surface area contributed by atoms with E-state index in [2.05, 4.69) is 15.1 Å². The van der Waals surface area contributed by atoms with Gasteiger partial charge in [0.05, 0.1) is 11.6 Å². The third-order valence-corrected chi connectivity index (χ3v) is 4.66. The highest BCUT2D eigenvalue weighted by molar-refractivity contribution is 5.69. The number of anilines is 1. The van der Waals surface area contributed by atoms with Crippen LogP contribution in [0.25, 0.3) is 16.6 Å². The molecule has 140 valence electrons. The molecular weight excluding hydrogens is 346 g/mol. The predicted octanol–water partition coefficient (Wildman–Crippen LogP) is 2.37. The Labute approximate surface area is 156 Å². The summed E-state index contributed by atoms with van der Waals surface area (Å²) in [6.45, 7) is 1.72. The van der Waals surface area contributed by atoms with E-state index in [9.17, 15) is 4.79 Å². The number of ether oxygens (including phenoxy) is 2. The predicted molar refractivity (Wildman–Crippen MR) is 98.6 cm³/mol. The molecule has 0 aliphatic heterocycles. The first kappa shape index (κ1) is 17.4. The lowest BCUT2D eigenvalue weighted by molar-refractivity contribution is -0.153. The smallest absolute Gasteiger partial charge is 0.302 e. The summed E-state index contributed by atoms with van der Waals surface area (Å²) in [6, 6.07) is 5.74. The van der Waals surface area contributed by atoms with Crippen LogP contribution in [-0.4, -0.2) is 37.8 Å². The van der Waals surface area contributed by atoms with Crippen LogP contribution in [0.3, 0.4) is 0 Å². The highest BCUT2D eigenvalue weighted by Crippen LogP contribution is 2.26. The highest BCUT2D eigenvalue weighted by atomic mass is 16.6. The van der Waals surface area contributed by atoms with Crippen molar-refractivity contribution >= 4 is 17.3 Å². The molecule has 1 saturated carbocycles. The quantitative estimate of drug-likeness (QED) is 0.690. The van der Waals surface area contributed by atoms with Gasteiger partial charge in [-0.25, -0.2) is 14.5 Å². The van der Waals surface area contributed by atoms with E-state index in [0.717, 1.165) is 35.9 Å². The molecule has 4 rings (SSSR count). The topological polar surface area (TPSA) is 105 Å². The van der Waals surface area contributed by atoms with E-state index in [1.807, 2.05) is 24.4 Å². The van der Waals surface area contributed by atoms with Gasteiger partial charge in [-0.2, -0.15) is 5.10 Å². The Balaban J connectivity index is 1.41. The maximum absolute atomic E-state index is 11.2. The van der Waals surface area contributed by atoms with Crippen molar-refractivity contribution in [3.63, 3.8) is 0 Å². The second-order valence-corrected chi connectivity index (χ2v) is 6.67. The first-order valence-corrected chi connectivity index (χ1v) is 8.93. The zero-order valence-corrected chi connectivity index (χ0v) is 15.0. The third kappa shape index (κ3) is 3.90. The molecule has 0 spiro atoms. The summed E-state index contributed by atoms with van der Waals surface area (Å²) in [5.41, 5.74) is 8.52. The molecule has 3 aromatic heterocycles. The summed E-state index contributed by atoms with van der Waals surface area (Å²) in [6.07, 6.45) is 7.85. The minimum atomic E-state index is -0.270. The molecule has 0 bridgehead atoms. The molecule has 0 aromatic carbocycles. The fourth-order valence-electron chi connectivity index (χ4n) is 3.38. The summed E-state index contributed by atoms with van der Waals surface area (Å²) >= 11 is 0. The molecule has 8 heteroatoms. The molecule has 1 aliphatic carbocycles. The lowest BCUT2D eigenvalue weighted by atomic mass is 10.1. The van der Waals surface area contributed by atoms with E-state index in [1.165, 1.54) is 6.92 Å². The summed E-state index contributed by atoms with van der Waals surface area (Å²) in [7, 11) is 0. The molecule has 1 fully saturated rings. The first-order chi connectivity index (χ1) is 13.1. The van der Waals surface area contributed by atoms with Crippen molar-refractivity contribution in [2.75, 3.05) is 5.73 Å². The number of fused-ring (bicyclic) bond motifs is 1. The van der Waals surface area contributed by atoms with E-state index in [-0.39, 0.29) is 18.2 Å². The van der Waals surface area contributed by atoms with Crippen LogP contribution in [0.2, 0.25) is 0 Å². The van der Waals surface area contributed by atoms with Crippen molar-refractivity contribution in [1.29, 1.82) is 0 Å². The number of nitrogens with two attached hydrogens (primary N) is 1. The molecule has 0 saturated heterocycles. The molecule has 3 heterocycles. The number of hydrogen-bond donors (Lipinski definition) is 1. The Morgan fingerprint density at radius 2 is 2.00 bits per heavy atom. The first-order valence-electron chi connectivity index (χ1n) is 8.93. The van der Waals surface area contributed by atoms with Crippen LogP contribution in [0.15, 0.2) is 36.8 Å². The van der Waals surface area contributed by atoms with Crippen molar-refractivity contribution in [2.24, 2.45) is 0 Å². The number of hydrogen-bond acceptors (Lipinski definition) is 7. The van der Waals surface area contributed by atoms with Crippen molar-refractivity contribution < 1.29 is 14.3 Å². The Kier molecular flexibility index (Phi) is 4.72. The van der Waals surface area contributed by atoms with Crippen molar-refractivity contribution in [3.8, 4) is 11.1 Å². The lowest BCUT2D eigenvalue weighted by Crippen LogP contribution is -2.28. The zero-order chi connectivity index (χ0) is 18.8. The number of carbonyl (C=O) groups excluding carboxylic acids is 1. The van der Waals surface area contributed by atoms with Gasteiger partial charge in [0.15, 0.2) is 5.82 Å². The molecule has 1 aliphatic rings. The van der Waals surface area contributed by atoms with E-state index >= 15 is 0 Å². The number of aromatic nitrogens is 4. The Morgan fingerprint density at radius 3 is 2.78 bits per heavy atom. The molecular formula is C19H21N5O3. The Bertz CT molecular complexity index is 954. The molecule has 2 atom stereocenters. The number of nitrogen functional groups attached to an aromatic ring is 1. The number of rotatable bonds is 5. The zero-order valence-electron chi connectivity index (χ0n) is 15.0. The molecule has 8 nitrogen and oxygen atoms in total. The molecule has 27 heavy (non-hydrogen) atoms. The number of carbonyl (C=O) groups is 1. The van der Waals surface area contributed by atoms with Gasteiger partial charge in [-0.05, 0) is 37.0 Å². The molecule has 0 unspecified atom stereocenters. The number of esters is 1. The highest BCUT2D eigenvalue weighted by Gasteiger charge is 2.30. The summed E-state index contributed by atoms with van der Waals surface area (Å²) < 4.78 is 12.9. The van der Waals surface area contributed by atoms with Crippen LogP contribution in [0.1, 0.15) is 32.0 Å². The van der Waals surface area contributed by atoms with Crippen LogP contribution in [0.4, 0.5) is 5.82 Å². The average Bonchev–Trinajstić information content (AvgIpc) is 3.24. The van der Waals surface area contributed by atoms with Gasteiger partial charge < -0.3 is 15.2 Å². The van der Waals surface area contributed by atoms with Gasteiger partial charge in [0, 0.05) is 37.1 Å². The second-order valence-electron chi connectivity index (χ2n) is 6.67. The summed E-state index contributed by atoms with van der Waals surface area (Å²) in [5, 5.41) is 4.16. The normalized spacial score (nSPS) is 19.4. The SMILES string of the molecule is CC(=O)O[C@H]1CCC[C@@H]1OCc1ncc(-c2ccn3nc(N)cc3c2)cn1. The van der Waals surface area contributed by atoms with Crippen LogP contribution >= 0.6 is 0 Å². The number of nitrogens with zero attached hydrogens (tertiary/aromatic N) is 4. The van der Waals surface area contributed by atoms with Gasteiger partial charge >= 0.3 is 5.97 Å². The Hall–Kier alpha value is -3.00. The van der Waals surface area contributed by atoms with Gasteiger partial charge in [0.1, 0.15) is 18.5 Å². The fraction of sp³-hybridized carbons (Fsp3) is 0.368. The molecule has 0 radical (unpaired) electrons. The van der Waals surface area contributed by atoms with Crippen molar-refractivity contribution in [2.45, 2.75) is 45.0 Å². The maximum atomic E-state index is 11.2. The monoisotopic (exact) mass is 367 g/mol. The second kappa shape index (κ2) is 7.32. The van der Waals surface area contributed by atoms with E-state index in [1.54, 1.807) is 16.9 Å². The van der Waals surface area contributed by atoms with E-state index in [0.29, 0.717) is 18.2 Å². The average molecular weight is 367 g/mol. The van der Waals surface area contributed by atoms with Gasteiger partial charge in [-0.3, -0.25) is 4.79 Å². The summed E-state index contributed by atoms with van der Waals surface area (Å²) in [4.78, 5) is 20.0. The maximum Gasteiger partial charge on any atom is 0.302 e. The minimum absolute atomic E-state index is 0.0908. The minimum Gasteiger partial charge on any atom is -0.460 e. The van der Waals surface area contributed by atoms with Gasteiger partial charge in [-0.1, -0.05) is 0 Å². The standard InChI is InChI=1S/C19H21N5O3/c1-12(25)27-17-4-2-3-16(17)26-11-19-21-9-14(10-22-19)13-5-6-24-15(7-13)8-18(20)23-24/h5-10,16-17H,2-4,11H2,1H3,(H2,20,23)/t16-,17-/m0/s1.